The third-order valence-electron chi connectivity index (χ3n) is 7.57. The summed E-state index contributed by atoms with van der Waals surface area (Å²) in [6.07, 6.45) is 1.76. The zero-order valence-electron chi connectivity index (χ0n) is 24.4. The summed E-state index contributed by atoms with van der Waals surface area (Å²) in [6, 6.07) is 26.2. The van der Waals surface area contributed by atoms with Crippen LogP contribution in [0.15, 0.2) is 107 Å². The van der Waals surface area contributed by atoms with Crippen molar-refractivity contribution in [2.45, 2.75) is 24.9 Å². The fourth-order valence-corrected chi connectivity index (χ4v) is 6.95. The molecular weight excluding hydrogens is 625 g/mol. The van der Waals surface area contributed by atoms with E-state index in [0.717, 1.165) is 5.56 Å². The highest BCUT2D eigenvalue weighted by Crippen LogP contribution is 2.44. The van der Waals surface area contributed by atoms with Gasteiger partial charge in [-0.1, -0.05) is 59.6 Å². The summed E-state index contributed by atoms with van der Waals surface area (Å²) in [7, 11) is -1.83. The van der Waals surface area contributed by atoms with Gasteiger partial charge in [0.2, 0.25) is 0 Å². The number of fused-ring (bicyclic) bond motifs is 1. The standard InChI is InChI=1S/C35H23ClFN5O3S/c1-20-6-13-31-28(16-20)32(33-30(19-38)39-14-15-40-33)34(42(31)46(45)26-10-7-22(8-11-26)21(2)37)24-5-3-4-23(17-24)27-12-9-25(18-29(27)36)35(43)41-44/h3-18,21H,1-2H3. The summed E-state index contributed by atoms with van der Waals surface area (Å²) < 4.78 is 30.2. The van der Waals surface area contributed by atoms with Crippen LogP contribution in [-0.2, 0) is 11.0 Å². The first-order valence-corrected chi connectivity index (χ1v) is 15.5. The van der Waals surface area contributed by atoms with E-state index in [1.165, 1.54) is 31.5 Å². The Labute approximate surface area is 270 Å². The molecule has 6 rings (SSSR count). The van der Waals surface area contributed by atoms with Gasteiger partial charge < -0.3 is 0 Å². The molecule has 2 atom stereocenters. The molecule has 11 heteroatoms. The van der Waals surface area contributed by atoms with Crippen LogP contribution >= 0.6 is 11.6 Å². The van der Waals surface area contributed by atoms with Crippen molar-refractivity contribution in [3.63, 3.8) is 0 Å². The number of alkyl halides is 1. The number of aromatic nitrogens is 3. The summed E-state index contributed by atoms with van der Waals surface area (Å²) >= 11 is 6.58. The van der Waals surface area contributed by atoms with Crippen LogP contribution in [-0.4, -0.2) is 24.1 Å². The summed E-state index contributed by atoms with van der Waals surface area (Å²) in [6.45, 7) is 3.38. The van der Waals surface area contributed by atoms with E-state index < -0.39 is 23.1 Å². The minimum Gasteiger partial charge on any atom is -0.263 e. The lowest BCUT2D eigenvalue weighted by Gasteiger charge is -2.14. The second kappa shape index (κ2) is 12.6. The molecule has 2 aromatic heterocycles. The Kier molecular flexibility index (Phi) is 8.37. The van der Waals surface area contributed by atoms with Crippen LogP contribution in [0.4, 0.5) is 4.39 Å². The number of nitriles is 1. The molecule has 0 spiro atoms. The molecule has 0 aliphatic carbocycles. The normalized spacial score (nSPS) is 12.4. The summed E-state index contributed by atoms with van der Waals surface area (Å²) in [4.78, 5) is 31.9. The molecule has 0 N–H and O–H groups in total. The van der Waals surface area contributed by atoms with Crippen molar-refractivity contribution >= 4 is 39.4 Å². The number of aryl methyl sites for hydroxylation is 1. The molecule has 0 bridgehead atoms. The Morgan fingerprint density at radius 1 is 1.00 bits per heavy atom. The maximum atomic E-state index is 14.6. The van der Waals surface area contributed by atoms with Crippen molar-refractivity contribution in [2.75, 3.05) is 0 Å². The molecule has 2 unspecified atom stereocenters. The van der Waals surface area contributed by atoms with Gasteiger partial charge in [0.05, 0.1) is 16.1 Å². The van der Waals surface area contributed by atoms with Crippen molar-refractivity contribution in [3.8, 4) is 39.7 Å². The highest BCUT2D eigenvalue weighted by atomic mass is 35.5. The summed E-state index contributed by atoms with van der Waals surface area (Å²) in [5, 5.41) is 13.4. The van der Waals surface area contributed by atoms with Crippen LogP contribution in [0.5, 0.6) is 0 Å². The summed E-state index contributed by atoms with van der Waals surface area (Å²) in [5.41, 5.74) is 5.46. The Morgan fingerprint density at radius 3 is 2.43 bits per heavy atom. The van der Waals surface area contributed by atoms with Gasteiger partial charge in [0.25, 0.3) is 0 Å². The van der Waals surface area contributed by atoms with E-state index in [1.54, 1.807) is 34.3 Å². The molecule has 4 aromatic carbocycles. The van der Waals surface area contributed by atoms with Gasteiger partial charge in [-0.3, -0.25) is 13.8 Å². The largest absolute Gasteiger partial charge is 0.316 e. The van der Waals surface area contributed by atoms with Gasteiger partial charge in [0.15, 0.2) is 16.7 Å². The first-order chi connectivity index (χ1) is 22.2. The Balaban J connectivity index is 1.66. The van der Waals surface area contributed by atoms with Crippen LogP contribution in [0.1, 0.15) is 40.3 Å². The highest BCUT2D eigenvalue weighted by Gasteiger charge is 2.27. The third kappa shape index (κ3) is 5.51. The molecule has 226 valence electrons. The van der Waals surface area contributed by atoms with E-state index in [-0.39, 0.29) is 16.3 Å². The molecular formula is C35H23ClFN5O3S. The fourth-order valence-electron chi connectivity index (χ4n) is 5.38. The molecule has 0 fully saturated rings. The average Bonchev–Trinajstić information content (AvgIpc) is 3.41. The number of nitroso groups, excluding NO2 is 1. The van der Waals surface area contributed by atoms with E-state index >= 15 is 0 Å². The maximum Gasteiger partial charge on any atom is 0.316 e. The number of rotatable bonds is 7. The average molecular weight is 648 g/mol. The lowest BCUT2D eigenvalue weighted by atomic mass is 9.97. The number of carbonyl (C=O) groups is 1. The zero-order chi connectivity index (χ0) is 32.5. The number of nitrogens with zero attached hydrogens (tertiary/aromatic N) is 5. The van der Waals surface area contributed by atoms with Crippen LogP contribution in [0.25, 0.3) is 44.5 Å². The molecule has 0 saturated carbocycles. The lowest BCUT2D eigenvalue weighted by molar-refractivity contribution is 0.100. The van der Waals surface area contributed by atoms with Crippen LogP contribution in [0, 0.1) is 23.2 Å². The minimum absolute atomic E-state index is 0.0629. The fraction of sp³-hybridized carbons (Fsp3) is 0.0857. The SMILES string of the molecule is Cc1ccc2c(c1)c(-c1nccnc1C#N)c(-c1cccc(-c3ccc(C(=O)N=O)cc3Cl)c1)n2S(=O)c1ccc(C(C)F)cc1. The molecule has 0 aliphatic heterocycles. The van der Waals surface area contributed by atoms with Crippen LogP contribution < -0.4 is 0 Å². The second-order valence-corrected chi connectivity index (χ2v) is 12.3. The first kappa shape index (κ1) is 30.6. The van der Waals surface area contributed by atoms with Crippen LogP contribution in [0.3, 0.4) is 0 Å². The number of amides is 1. The number of benzene rings is 4. The Bertz CT molecular complexity index is 2240. The van der Waals surface area contributed by atoms with Gasteiger partial charge in [0.1, 0.15) is 17.9 Å². The molecule has 8 nitrogen and oxygen atoms in total. The van der Waals surface area contributed by atoms with Gasteiger partial charge in [0, 0.05) is 50.2 Å². The van der Waals surface area contributed by atoms with Gasteiger partial charge in [-0.2, -0.15) is 5.26 Å². The molecule has 0 saturated heterocycles. The molecule has 0 aliphatic rings. The van der Waals surface area contributed by atoms with Crippen LogP contribution in [0.2, 0.25) is 5.02 Å². The molecule has 2 heterocycles. The third-order valence-corrected chi connectivity index (χ3v) is 9.27. The van der Waals surface area contributed by atoms with Gasteiger partial charge in [-0.25, -0.2) is 13.6 Å². The lowest BCUT2D eigenvalue weighted by Crippen LogP contribution is -2.07. The van der Waals surface area contributed by atoms with E-state index in [9.17, 15) is 23.6 Å². The number of hydrogen-bond donors (Lipinski definition) is 0. The number of hydrogen-bond acceptors (Lipinski definition) is 6. The van der Waals surface area contributed by atoms with E-state index in [2.05, 4.69) is 21.2 Å². The topological polar surface area (TPSA) is 118 Å². The number of halogens is 2. The number of carbonyl (C=O) groups excluding carboxylic acids is 1. The van der Waals surface area contributed by atoms with Crippen molar-refractivity contribution < 1.29 is 13.4 Å². The smallest absolute Gasteiger partial charge is 0.263 e. The highest BCUT2D eigenvalue weighted by molar-refractivity contribution is 7.83. The molecule has 0 radical (unpaired) electrons. The summed E-state index contributed by atoms with van der Waals surface area (Å²) in [5.74, 6) is -0.930. The van der Waals surface area contributed by atoms with E-state index in [1.807, 2.05) is 49.4 Å². The van der Waals surface area contributed by atoms with Gasteiger partial charge in [-0.15, -0.1) is 4.91 Å². The predicted molar refractivity (Wildman–Crippen MR) is 176 cm³/mol. The molecule has 1 amide bonds. The maximum absolute atomic E-state index is 14.6. The van der Waals surface area contributed by atoms with E-state index in [0.29, 0.717) is 55.0 Å². The van der Waals surface area contributed by atoms with Crippen molar-refractivity contribution in [3.05, 3.63) is 130 Å². The van der Waals surface area contributed by atoms with Crippen molar-refractivity contribution in [1.82, 2.24) is 13.9 Å². The van der Waals surface area contributed by atoms with Gasteiger partial charge in [-0.05, 0) is 67.4 Å². The molecule has 6 aromatic rings. The monoisotopic (exact) mass is 647 g/mol. The quantitative estimate of drug-likeness (QED) is 0.160. The van der Waals surface area contributed by atoms with Crippen molar-refractivity contribution in [1.29, 1.82) is 5.26 Å². The Hall–Kier alpha value is -5.37. The minimum atomic E-state index is -1.83. The first-order valence-electron chi connectivity index (χ1n) is 14.0. The Morgan fingerprint density at radius 2 is 1.74 bits per heavy atom. The zero-order valence-corrected chi connectivity index (χ0v) is 26.0. The van der Waals surface area contributed by atoms with E-state index in [4.69, 9.17) is 11.6 Å². The van der Waals surface area contributed by atoms with Gasteiger partial charge >= 0.3 is 5.91 Å². The van der Waals surface area contributed by atoms with Crippen molar-refractivity contribution in [2.24, 2.45) is 5.18 Å². The molecule has 46 heavy (non-hydrogen) atoms. The second-order valence-electron chi connectivity index (χ2n) is 10.5. The predicted octanol–water partition coefficient (Wildman–Crippen LogP) is 8.77.